The van der Waals surface area contributed by atoms with Gasteiger partial charge < -0.3 is 10.2 Å². The fourth-order valence-electron chi connectivity index (χ4n) is 2.94. The van der Waals surface area contributed by atoms with Crippen LogP contribution in [-0.2, 0) is 6.42 Å². The SMILES string of the molecule is CCC(CSC)N(C)CC1NCCc2ccccc21. The molecule has 0 aliphatic carbocycles. The van der Waals surface area contributed by atoms with E-state index in [4.69, 9.17) is 0 Å². The van der Waals surface area contributed by atoms with Crippen LogP contribution in [0.3, 0.4) is 0 Å². The van der Waals surface area contributed by atoms with Gasteiger partial charge in [-0.25, -0.2) is 0 Å². The van der Waals surface area contributed by atoms with E-state index in [1.807, 2.05) is 11.8 Å². The highest BCUT2D eigenvalue weighted by molar-refractivity contribution is 7.98. The van der Waals surface area contributed by atoms with Crippen molar-refractivity contribution in [1.29, 1.82) is 0 Å². The minimum Gasteiger partial charge on any atom is -0.309 e. The molecule has 1 aromatic rings. The summed E-state index contributed by atoms with van der Waals surface area (Å²) < 4.78 is 0. The Morgan fingerprint density at radius 3 is 2.95 bits per heavy atom. The van der Waals surface area contributed by atoms with Gasteiger partial charge in [0.05, 0.1) is 0 Å². The van der Waals surface area contributed by atoms with Gasteiger partial charge in [-0.05, 0) is 43.8 Å². The molecule has 2 atom stereocenters. The molecule has 1 aromatic carbocycles. The fraction of sp³-hybridized carbons (Fsp3) is 0.625. The van der Waals surface area contributed by atoms with Crippen LogP contribution in [0.2, 0.25) is 0 Å². The van der Waals surface area contributed by atoms with Crippen LogP contribution in [0.4, 0.5) is 0 Å². The number of thioether (sulfide) groups is 1. The second-order valence-electron chi connectivity index (χ2n) is 5.41. The summed E-state index contributed by atoms with van der Waals surface area (Å²) in [4.78, 5) is 2.52. The number of likely N-dealkylation sites (N-methyl/N-ethyl adjacent to an activating group) is 1. The smallest absolute Gasteiger partial charge is 0.0452 e. The number of fused-ring (bicyclic) bond motifs is 1. The van der Waals surface area contributed by atoms with Crippen LogP contribution in [0.15, 0.2) is 24.3 Å². The summed E-state index contributed by atoms with van der Waals surface area (Å²) >= 11 is 1.95. The number of nitrogens with one attached hydrogen (secondary N) is 1. The van der Waals surface area contributed by atoms with Gasteiger partial charge in [0.1, 0.15) is 0 Å². The third-order valence-corrected chi connectivity index (χ3v) is 4.86. The van der Waals surface area contributed by atoms with Gasteiger partial charge >= 0.3 is 0 Å². The van der Waals surface area contributed by atoms with E-state index in [1.165, 1.54) is 29.7 Å². The normalized spacial score (nSPS) is 20.3. The average Bonchev–Trinajstić information content (AvgIpc) is 2.45. The molecule has 0 spiro atoms. The van der Waals surface area contributed by atoms with E-state index in [2.05, 4.69) is 54.7 Å². The molecule has 1 aliphatic rings. The lowest BCUT2D eigenvalue weighted by atomic mass is 9.94. The summed E-state index contributed by atoms with van der Waals surface area (Å²) in [5.74, 6) is 1.22. The zero-order chi connectivity index (χ0) is 13.7. The van der Waals surface area contributed by atoms with Gasteiger partial charge in [-0.15, -0.1) is 0 Å². The highest BCUT2D eigenvalue weighted by atomic mass is 32.2. The van der Waals surface area contributed by atoms with Crippen molar-refractivity contribution < 1.29 is 0 Å². The molecule has 1 aliphatic heterocycles. The zero-order valence-corrected chi connectivity index (χ0v) is 13.2. The Balaban J connectivity index is 2.03. The lowest BCUT2D eigenvalue weighted by Crippen LogP contribution is -2.42. The maximum Gasteiger partial charge on any atom is 0.0452 e. The van der Waals surface area contributed by atoms with Crippen molar-refractivity contribution in [2.24, 2.45) is 0 Å². The van der Waals surface area contributed by atoms with E-state index in [1.54, 1.807) is 0 Å². The first kappa shape index (κ1) is 14.9. The van der Waals surface area contributed by atoms with Crippen LogP contribution in [0.5, 0.6) is 0 Å². The van der Waals surface area contributed by atoms with Crippen LogP contribution in [-0.4, -0.2) is 43.1 Å². The Bertz CT molecular complexity index is 394. The monoisotopic (exact) mass is 278 g/mol. The minimum absolute atomic E-state index is 0.492. The molecule has 106 valence electrons. The first-order chi connectivity index (χ1) is 9.26. The molecule has 2 rings (SSSR count). The quantitative estimate of drug-likeness (QED) is 0.861. The molecule has 0 fully saturated rings. The summed E-state index contributed by atoms with van der Waals surface area (Å²) in [6, 6.07) is 10.1. The largest absolute Gasteiger partial charge is 0.309 e. The van der Waals surface area contributed by atoms with E-state index >= 15 is 0 Å². The number of rotatable bonds is 6. The minimum atomic E-state index is 0.492. The number of benzene rings is 1. The molecular formula is C16H26N2S. The van der Waals surface area contributed by atoms with Gasteiger partial charge in [0.2, 0.25) is 0 Å². The maximum absolute atomic E-state index is 3.68. The van der Waals surface area contributed by atoms with Gasteiger partial charge in [0.25, 0.3) is 0 Å². The summed E-state index contributed by atoms with van der Waals surface area (Å²) in [6.45, 7) is 4.50. The molecule has 0 radical (unpaired) electrons. The van der Waals surface area contributed by atoms with E-state index in [-0.39, 0.29) is 0 Å². The first-order valence-corrected chi connectivity index (χ1v) is 8.66. The van der Waals surface area contributed by atoms with Crippen molar-refractivity contribution in [2.45, 2.75) is 31.8 Å². The van der Waals surface area contributed by atoms with Crippen molar-refractivity contribution >= 4 is 11.8 Å². The second kappa shape index (κ2) is 7.32. The summed E-state index contributed by atoms with van der Waals surface area (Å²) in [7, 11) is 2.27. The average molecular weight is 278 g/mol. The Labute approximate surface area is 122 Å². The summed E-state index contributed by atoms with van der Waals surface area (Å²) in [5, 5.41) is 3.68. The highest BCUT2D eigenvalue weighted by Crippen LogP contribution is 2.24. The zero-order valence-electron chi connectivity index (χ0n) is 12.4. The van der Waals surface area contributed by atoms with E-state index in [9.17, 15) is 0 Å². The van der Waals surface area contributed by atoms with Crippen molar-refractivity contribution in [1.82, 2.24) is 10.2 Å². The molecule has 0 saturated heterocycles. The van der Waals surface area contributed by atoms with Gasteiger partial charge in [0.15, 0.2) is 0 Å². The third-order valence-electron chi connectivity index (χ3n) is 4.14. The third kappa shape index (κ3) is 3.74. The molecule has 2 nitrogen and oxygen atoms in total. The molecule has 19 heavy (non-hydrogen) atoms. The van der Waals surface area contributed by atoms with Crippen LogP contribution >= 0.6 is 11.8 Å². The van der Waals surface area contributed by atoms with Crippen molar-refractivity contribution in [2.75, 3.05) is 32.1 Å². The van der Waals surface area contributed by atoms with Gasteiger partial charge in [-0.2, -0.15) is 11.8 Å². The van der Waals surface area contributed by atoms with Crippen LogP contribution in [0.1, 0.15) is 30.5 Å². The van der Waals surface area contributed by atoms with E-state index < -0.39 is 0 Å². The molecule has 1 heterocycles. The van der Waals surface area contributed by atoms with Crippen LogP contribution in [0, 0.1) is 0 Å². The predicted octanol–water partition coefficient (Wildman–Crippen LogP) is 2.95. The van der Waals surface area contributed by atoms with Crippen molar-refractivity contribution in [3.8, 4) is 0 Å². The van der Waals surface area contributed by atoms with Gasteiger partial charge in [-0.1, -0.05) is 31.2 Å². The Morgan fingerprint density at radius 1 is 1.42 bits per heavy atom. The molecule has 0 aromatic heterocycles. The molecule has 1 N–H and O–H groups in total. The molecule has 0 saturated carbocycles. The van der Waals surface area contributed by atoms with Gasteiger partial charge in [-0.3, -0.25) is 0 Å². The Morgan fingerprint density at radius 2 is 2.21 bits per heavy atom. The number of hydrogen-bond acceptors (Lipinski definition) is 3. The predicted molar refractivity (Wildman–Crippen MR) is 86.0 cm³/mol. The highest BCUT2D eigenvalue weighted by Gasteiger charge is 2.22. The first-order valence-electron chi connectivity index (χ1n) is 7.26. The summed E-state index contributed by atoms with van der Waals surface area (Å²) in [5.41, 5.74) is 3.03. The second-order valence-corrected chi connectivity index (χ2v) is 6.32. The Hall–Kier alpha value is -0.510. The summed E-state index contributed by atoms with van der Waals surface area (Å²) in [6.07, 6.45) is 4.59. The fourth-order valence-corrected chi connectivity index (χ4v) is 3.82. The molecule has 0 bridgehead atoms. The standard InChI is InChI=1S/C16H26N2S/c1-4-14(12-19-3)18(2)11-16-15-8-6-5-7-13(15)9-10-17-16/h5-8,14,16-17H,4,9-12H2,1-3H3. The number of nitrogens with zero attached hydrogens (tertiary/aromatic N) is 1. The topological polar surface area (TPSA) is 15.3 Å². The van der Waals surface area contributed by atoms with Gasteiger partial charge in [0, 0.05) is 24.4 Å². The maximum atomic E-state index is 3.68. The molecule has 2 unspecified atom stereocenters. The van der Waals surface area contributed by atoms with E-state index in [0.717, 1.165) is 13.1 Å². The number of hydrogen-bond donors (Lipinski definition) is 1. The lowest BCUT2D eigenvalue weighted by molar-refractivity contribution is 0.225. The molecule has 0 amide bonds. The van der Waals surface area contributed by atoms with Crippen molar-refractivity contribution in [3.05, 3.63) is 35.4 Å². The lowest BCUT2D eigenvalue weighted by Gasteiger charge is -2.34. The Kier molecular flexibility index (Phi) is 5.74. The molecular weight excluding hydrogens is 252 g/mol. The van der Waals surface area contributed by atoms with E-state index in [0.29, 0.717) is 12.1 Å². The van der Waals surface area contributed by atoms with Crippen LogP contribution in [0.25, 0.3) is 0 Å². The van der Waals surface area contributed by atoms with Crippen molar-refractivity contribution in [3.63, 3.8) is 0 Å². The van der Waals surface area contributed by atoms with Crippen LogP contribution < -0.4 is 5.32 Å². The molecule has 3 heteroatoms.